The molecule has 0 spiro atoms. The molecule has 0 bridgehead atoms. The fourth-order valence-corrected chi connectivity index (χ4v) is 6.42. The summed E-state index contributed by atoms with van der Waals surface area (Å²) in [6.45, 7) is 5.99. The van der Waals surface area contributed by atoms with Gasteiger partial charge >= 0.3 is 5.97 Å². The first-order valence-electron chi connectivity index (χ1n) is 13.2. The summed E-state index contributed by atoms with van der Waals surface area (Å²) in [6, 6.07) is 8.00. The summed E-state index contributed by atoms with van der Waals surface area (Å²) in [6.07, 6.45) is 10.3. The van der Waals surface area contributed by atoms with Gasteiger partial charge in [0.25, 0.3) is 0 Å². The Labute approximate surface area is 229 Å². The third-order valence-electron chi connectivity index (χ3n) is 7.14. The van der Waals surface area contributed by atoms with Gasteiger partial charge in [-0.15, -0.1) is 11.3 Å². The molecule has 2 aromatic rings. The molecule has 37 heavy (non-hydrogen) atoms. The average molecular weight is 547 g/mol. The SMILES string of the molecule is CCCOC(=O)CCCC=CC[C@H]1C(=O)C(C)(C)[C@@H](O)[C@@H]1C=CC(O)CCc1sc2ccccc2c1Cl. The van der Waals surface area contributed by atoms with E-state index in [-0.39, 0.29) is 23.6 Å². The number of fused-ring (bicyclic) bond motifs is 1. The van der Waals surface area contributed by atoms with Crippen molar-refractivity contribution < 1.29 is 24.5 Å². The van der Waals surface area contributed by atoms with Crippen molar-refractivity contribution >= 4 is 44.8 Å². The van der Waals surface area contributed by atoms with Crippen molar-refractivity contribution in [3.05, 3.63) is 58.5 Å². The lowest BCUT2D eigenvalue weighted by Crippen LogP contribution is -2.31. The number of aliphatic hydroxyl groups excluding tert-OH is 2. The van der Waals surface area contributed by atoms with Crippen LogP contribution in [-0.4, -0.2) is 40.8 Å². The van der Waals surface area contributed by atoms with E-state index in [0.29, 0.717) is 38.7 Å². The third kappa shape index (κ3) is 7.53. The minimum atomic E-state index is -0.841. The second-order valence-electron chi connectivity index (χ2n) is 10.4. The van der Waals surface area contributed by atoms with E-state index in [1.165, 1.54) is 0 Å². The van der Waals surface area contributed by atoms with Crippen LogP contribution in [0.5, 0.6) is 0 Å². The maximum atomic E-state index is 13.1. The number of esters is 1. The summed E-state index contributed by atoms with van der Waals surface area (Å²) >= 11 is 8.18. The van der Waals surface area contributed by atoms with Gasteiger partial charge in [0.15, 0.2) is 0 Å². The number of carbonyl (C=O) groups excluding carboxylic acids is 2. The number of aryl methyl sites for hydroxylation is 1. The predicted molar refractivity (Wildman–Crippen MR) is 151 cm³/mol. The molecule has 1 unspecified atom stereocenters. The van der Waals surface area contributed by atoms with Gasteiger partial charge in [0.05, 0.1) is 29.3 Å². The molecule has 2 N–H and O–H groups in total. The Morgan fingerprint density at radius 2 is 2.03 bits per heavy atom. The van der Waals surface area contributed by atoms with E-state index in [9.17, 15) is 19.8 Å². The van der Waals surface area contributed by atoms with Gasteiger partial charge in [-0.3, -0.25) is 9.59 Å². The van der Waals surface area contributed by atoms with Crippen molar-refractivity contribution in [1.82, 2.24) is 0 Å². The van der Waals surface area contributed by atoms with E-state index >= 15 is 0 Å². The summed E-state index contributed by atoms with van der Waals surface area (Å²) in [5.41, 5.74) is -0.841. The number of halogens is 1. The molecule has 0 amide bonds. The van der Waals surface area contributed by atoms with Gasteiger partial charge in [-0.05, 0) is 44.6 Å². The molecule has 202 valence electrons. The number of allylic oxidation sites excluding steroid dienone is 2. The van der Waals surface area contributed by atoms with E-state index < -0.39 is 17.6 Å². The topological polar surface area (TPSA) is 83.8 Å². The van der Waals surface area contributed by atoms with Crippen LogP contribution in [0.2, 0.25) is 5.02 Å². The first kappa shape index (κ1) is 29.6. The second kappa shape index (κ2) is 13.7. The molecule has 1 aromatic heterocycles. The fourth-order valence-electron chi connectivity index (χ4n) is 4.87. The lowest BCUT2D eigenvalue weighted by Gasteiger charge is -2.22. The average Bonchev–Trinajstić information content (AvgIpc) is 3.28. The van der Waals surface area contributed by atoms with Crippen molar-refractivity contribution in [1.29, 1.82) is 0 Å². The van der Waals surface area contributed by atoms with Crippen LogP contribution in [0.15, 0.2) is 48.6 Å². The Morgan fingerprint density at radius 1 is 1.27 bits per heavy atom. The minimum absolute atomic E-state index is 0.0361. The summed E-state index contributed by atoms with van der Waals surface area (Å²) in [5.74, 6) is -0.853. The van der Waals surface area contributed by atoms with Crippen LogP contribution in [0.3, 0.4) is 0 Å². The maximum absolute atomic E-state index is 13.1. The number of benzene rings is 1. The predicted octanol–water partition coefficient (Wildman–Crippen LogP) is 6.68. The minimum Gasteiger partial charge on any atom is -0.466 e. The quantitative estimate of drug-likeness (QED) is 0.166. The Bertz CT molecular complexity index is 1120. The number of hydrogen-bond donors (Lipinski definition) is 2. The zero-order valence-corrected chi connectivity index (χ0v) is 23.6. The number of carbonyl (C=O) groups is 2. The molecule has 4 atom stereocenters. The van der Waals surface area contributed by atoms with Crippen molar-refractivity contribution in [2.45, 2.75) is 77.9 Å². The van der Waals surface area contributed by atoms with Gasteiger partial charge in [-0.25, -0.2) is 0 Å². The highest BCUT2D eigenvalue weighted by Gasteiger charge is 2.52. The highest BCUT2D eigenvalue weighted by atomic mass is 35.5. The molecule has 1 aliphatic carbocycles. The Morgan fingerprint density at radius 3 is 2.76 bits per heavy atom. The molecule has 3 rings (SSSR count). The monoisotopic (exact) mass is 546 g/mol. The lowest BCUT2D eigenvalue weighted by atomic mass is 9.86. The fraction of sp³-hybridized carbons (Fsp3) is 0.533. The van der Waals surface area contributed by atoms with Crippen molar-refractivity contribution in [2.24, 2.45) is 17.3 Å². The standard InChI is InChI=1S/C30H39ClO5S/c1-4-19-36-26(33)14-8-6-5-7-11-21-22(29(35)30(2,3)28(21)34)17-15-20(32)16-18-25-27(31)23-12-9-10-13-24(23)37-25/h5,7,9-10,12-13,15,17,20-22,29,32,35H,4,6,8,11,14,16,18-19H2,1-3H3/t20?,21-,22-,29+/m1/s1. The molecule has 1 aliphatic rings. The van der Waals surface area contributed by atoms with Crippen molar-refractivity contribution in [3.8, 4) is 0 Å². The number of rotatable bonds is 13. The van der Waals surface area contributed by atoms with Crippen LogP contribution in [0.1, 0.15) is 64.2 Å². The highest BCUT2D eigenvalue weighted by molar-refractivity contribution is 7.19. The van der Waals surface area contributed by atoms with Gasteiger partial charge < -0.3 is 14.9 Å². The molecule has 5 nitrogen and oxygen atoms in total. The maximum Gasteiger partial charge on any atom is 0.305 e. The summed E-state index contributed by atoms with van der Waals surface area (Å²) in [5, 5.41) is 23.3. The number of ketones is 1. The zero-order chi connectivity index (χ0) is 27.0. The first-order chi connectivity index (χ1) is 17.7. The molecule has 1 heterocycles. The first-order valence-corrected chi connectivity index (χ1v) is 14.4. The summed E-state index contributed by atoms with van der Waals surface area (Å²) in [4.78, 5) is 25.7. The molecule has 0 radical (unpaired) electrons. The Balaban J connectivity index is 1.55. The van der Waals surface area contributed by atoms with E-state index in [1.54, 1.807) is 31.3 Å². The van der Waals surface area contributed by atoms with Crippen molar-refractivity contribution in [3.63, 3.8) is 0 Å². The van der Waals surface area contributed by atoms with E-state index in [2.05, 4.69) is 0 Å². The lowest BCUT2D eigenvalue weighted by molar-refractivity contribution is -0.143. The van der Waals surface area contributed by atoms with E-state index in [0.717, 1.165) is 32.8 Å². The normalized spacial score (nSPS) is 22.4. The highest BCUT2D eigenvalue weighted by Crippen LogP contribution is 2.45. The number of ether oxygens (including phenoxy) is 1. The van der Waals surface area contributed by atoms with Gasteiger partial charge in [0.2, 0.25) is 0 Å². The van der Waals surface area contributed by atoms with Crippen LogP contribution in [-0.2, 0) is 20.7 Å². The van der Waals surface area contributed by atoms with Gasteiger partial charge in [0, 0.05) is 33.2 Å². The largest absolute Gasteiger partial charge is 0.466 e. The number of unbranched alkanes of at least 4 members (excludes halogenated alkanes) is 1. The number of aliphatic hydroxyl groups is 2. The molecule has 1 saturated carbocycles. The number of thiophene rings is 1. The molecule has 1 aromatic carbocycles. The van der Waals surface area contributed by atoms with Crippen LogP contribution in [0.4, 0.5) is 0 Å². The van der Waals surface area contributed by atoms with Gasteiger partial charge in [-0.2, -0.15) is 0 Å². The van der Waals surface area contributed by atoms with Crippen LogP contribution >= 0.6 is 22.9 Å². The van der Waals surface area contributed by atoms with Crippen LogP contribution < -0.4 is 0 Å². The smallest absolute Gasteiger partial charge is 0.305 e. The van der Waals surface area contributed by atoms with Gasteiger partial charge in [0.1, 0.15) is 5.78 Å². The van der Waals surface area contributed by atoms with Crippen LogP contribution in [0.25, 0.3) is 10.1 Å². The second-order valence-corrected chi connectivity index (χ2v) is 11.9. The molecule has 0 saturated heterocycles. The third-order valence-corrected chi connectivity index (χ3v) is 8.91. The van der Waals surface area contributed by atoms with E-state index in [4.69, 9.17) is 16.3 Å². The van der Waals surface area contributed by atoms with Gasteiger partial charge in [-0.1, -0.05) is 74.9 Å². The van der Waals surface area contributed by atoms with Crippen molar-refractivity contribution in [2.75, 3.05) is 6.61 Å². The van der Waals surface area contributed by atoms with Crippen LogP contribution in [0, 0.1) is 17.3 Å². The molecular formula is C30H39ClO5S. The van der Waals surface area contributed by atoms with E-state index in [1.807, 2.05) is 49.4 Å². The summed E-state index contributed by atoms with van der Waals surface area (Å²) < 4.78 is 6.21. The Hall–Kier alpha value is -1.99. The molecule has 0 aliphatic heterocycles. The number of Topliss-reactive ketones (excluding diaryl/α,β-unsaturated/α-hetero) is 1. The Kier molecular flexibility index (Phi) is 10.9. The number of hydrogen-bond acceptors (Lipinski definition) is 6. The molecular weight excluding hydrogens is 508 g/mol. The zero-order valence-electron chi connectivity index (χ0n) is 22.0. The molecule has 1 fully saturated rings. The molecule has 7 heteroatoms. The summed E-state index contributed by atoms with van der Waals surface area (Å²) in [7, 11) is 0.